The molecule has 0 amide bonds. The fourth-order valence-corrected chi connectivity index (χ4v) is 3.33. The van der Waals surface area contributed by atoms with Gasteiger partial charge in [-0.25, -0.2) is 9.38 Å². The number of hydrogen-bond donors (Lipinski definition) is 2. The Morgan fingerprint density at radius 1 is 1.18 bits per heavy atom. The Labute approximate surface area is 181 Å². The molecular weight excluding hydrogens is 492 g/mol. The average molecular weight is 510 g/mol. The Bertz CT molecular complexity index is 1030. The van der Waals surface area contributed by atoms with Crippen LogP contribution in [0.15, 0.2) is 65.7 Å². The summed E-state index contributed by atoms with van der Waals surface area (Å²) in [5.74, 6) is 0.574. The third kappa shape index (κ3) is 5.14. The van der Waals surface area contributed by atoms with Gasteiger partial charge in [0, 0.05) is 21.9 Å². The largest absolute Gasteiger partial charge is 0.487 e. The van der Waals surface area contributed by atoms with Gasteiger partial charge in [0.05, 0.1) is 10.7 Å². The van der Waals surface area contributed by atoms with E-state index < -0.39 is 0 Å². The summed E-state index contributed by atoms with van der Waals surface area (Å²) in [5.41, 5.74) is 9.25. The van der Waals surface area contributed by atoms with Gasteiger partial charge in [0.25, 0.3) is 0 Å². The quantitative estimate of drug-likeness (QED) is 0.253. The molecule has 0 heterocycles. The molecule has 28 heavy (non-hydrogen) atoms. The monoisotopic (exact) mass is 509 g/mol. The molecule has 0 aromatic heterocycles. The summed E-state index contributed by atoms with van der Waals surface area (Å²) < 4.78 is 20.0. The van der Waals surface area contributed by atoms with E-state index in [2.05, 4.69) is 32.9 Å². The number of nitrogens with two attached hydrogens (primary N) is 1. The molecule has 0 atom stereocenters. The first-order valence-corrected chi connectivity index (χ1v) is 9.90. The van der Waals surface area contributed by atoms with Crippen molar-refractivity contribution in [3.8, 4) is 5.75 Å². The molecule has 0 spiro atoms. The Kier molecular flexibility index (Phi) is 6.74. The van der Waals surface area contributed by atoms with Crippen molar-refractivity contribution < 1.29 is 9.13 Å². The molecule has 7 heteroatoms. The summed E-state index contributed by atoms with van der Waals surface area (Å²) in [6.45, 7) is 0.218. The number of nitrogens with one attached hydrogen (secondary N) is 1. The van der Waals surface area contributed by atoms with Crippen molar-refractivity contribution in [2.24, 2.45) is 10.7 Å². The average Bonchev–Trinajstić information content (AvgIpc) is 2.67. The van der Waals surface area contributed by atoms with Gasteiger partial charge in [-0.2, -0.15) is 0 Å². The zero-order valence-electron chi connectivity index (χ0n) is 15.0. The van der Waals surface area contributed by atoms with Gasteiger partial charge in [-0.3, -0.25) is 0 Å². The molecule has 0 bridgehead atoms. The molecule has 4 nitrogen and oxygen atoms in total. The number of nitrogens with zero attached hydrogens (tertiary/aromatic N) is 1. The predicted octanol–water partition coefficient (Wildman–Crippen LogP) is 5.74. The fraction of sp³-hybridized carbons (Fsp3) is 0.0952. The van der Waals surface area contributed by atoms with Crippen LogP contribution in [0.2, 0.25) is 5.02 Å². The Balaban J connectivity index is 1.78. The van der Waals surface area contributed by atoms with E-state index in [4.69, 9.17) is 22.1 Å². The topological polar surface area (TPSA) is 59.6 Å². The van der Waals surface area contributed by atoms with Crippen LogP contribution < -0.4 is 15.8 Å². The molecule has 3 aromatic carbocycles. The van der Waals surface area contributed by atoms with Gasteiger partial charge >= 0.3 is 0 Å². The number of benzene rings is 3. The van der Waals surface area contributed by atoms with Crippen molar-refractivity contribution in [3.63, 3.8) is 0 Å². The van der Waals surface area contributed by atoms with Crippen LogP contribution in [-0.2, 0) is 6.61 Å². The minimum Gasteiger partial charge on any atom is -0.487 e. The van der Waals surface area contributed by atoms with E-state index in [-0.39, 0.29) is 12.4 Å². The van der Waals surface area contributed by atoms with Gasteiger partial charge in [-0.15, -0.1) is 0 Å². The summed E-state index contributed by atoms with van der Waals surface area (Å²) >= 11 is 8.55. The maximum absolute atomic E-state index is 13.3. The number of anilines is 1. The zero-order chi connectivity index (χ0) is 20.1. The standard InChI is InChI=1S/C21H18ClFIN3O/c1-26-19-7-5-15(24)10-17(19)21(25)27-16-6-8-20(18(22)11-16)28-12-13-3-2-4-14(23)9-13/h2-11,26H,12H2,1H3,(H2,25,27). The summed E-state index contributed by atoms with van der Waals surface area (Å²) in [4.78, 5) is 4.47. The van der Waals surface area contributed by atoms with E-state index >= 15 is 0 Å². The van der Waals surface area contributed by atoms with Crippen molar-refractivity contribution in [2.75, 3.05) is 12.4 Å². The molecule has 0 fully saturated rings. The normalized spacial score (nSPS) is 11.4. The first-order chi connectivity index (χ1) is 13.5. The molecule has 0 aliphatic heterocycles. The van der Waals surface area contributed by atoms with Gasteiger partial charge in [-0.05, 0) is 76.7 Å². The van der Waals surface area contributed by atoms with E-state index in [0.29, 0.717) is 22.3 Å². The smallest absolute Gasteiger partial charge is 0.138 e. The van der Waals surface area contributed by atoms with Crippen molar-refractivity contribution in [1.29, 1.82) is 0 Å². The van der Waals surface area contributed by atoms with Crippen LogP contribution in [0.3, 0.4) is 0 Å². The number of hydrogen-bond acceptors (Lipinski definition) is 3. The lowest BCUT2D eigenvalue weighted by Crippen LogP contribution is -2.15. The summed E-state index contributed by atoms with van der Waals surface area (Å²) in [6, 6.07) is 17.3. The Hall–Kier alpha value is -2.32. The number of halogens is 3. The van der Waals surface area contributed by atoms with E-state index in [1.165, 1.54) is 12.1 Å². The molecule has 0 saturated carbocycles. The highest BCUT2D eigenvalue weighted by Gasteiger charge is 2.08. The molecule has 3 aromatic rings. The second-order valence-electron chi connectivity index (χ2n) is 5.97. The molecule has 0 radical (unpaired) electrons. The highest BCUT2D eigenvalue weighted by molar-refractivity contribution is 14.1. The molecular formula is C21H18ClFIN3O. The van der Waals surface area contributed by atoms with Gasteiger partial charge < -0.3 is 15.8 Å². The highest BCUT2D eigenvalue weighted by atomic mass is 127. The third-order valence-corrected chi connectivity index (χ3v) is 4.94. The molecule has 144 valence electrons. The van der Waals surface area contributed by atoms with Crippen molar-refractivity contribution in [2.45, 2.75) is 6.61 Å². The van der Waals surface area contributed by atoms with Crippen LogP contribution in [0, 0.1) is 9.39 Å². The first kappa shape index (κ1) is 20.4. The van der Waals surface area contributed by atoms with Gasteiger partial charge in [0.2, 0.25) is 0 Å². The van der Waals surface area contributed by atoms with Crippen molar-refractivity contribution >= 4 is 51.4 Å². The predicted molar refractivity (Wildman–Crippen MR) is 121 cm³/mol. The Morgan fingerprint density at radius 3 is 2.71 bits per heavy atom. The lowest BCUT2D eigenvalue weighted by atomic mass is 10.1. The van der Waals surface area contributed by atoms with Crippen molar-refractivity contribution in [3.05, 3.63) is 86.2 Å². The lowest BCUT2D eigenvalue weighted by Gasteiger charge is -2.11. The van der Waals surface area contributed by atoms with Crippen LogP contribution in [0.5, 0.6) is 5.75 Å². The summed E-state index contributed by atoms with van der Waals surface area (Å²) in [5, 5.41) is 3.51. The molecule has 3 N–H and O–H groups in total. The maximum atomic E-state index is 13.3. The number of amidine groups is 1. The fourth-order valence-electron chi connectivity index (χ4n) is 2.61. The second-order valence-corrected chi connectivity index (χ2v) is 7.62. The van der Waals surface area contributed by atoms with Crippen molar-refractivity contribution in [1.82, 2.24) is 0 Å². The van der Waals surface area contributed by atoms with Crippen LogP contribution in [0.4, 0.5) is 15.8 Å². The third-order valence-electron chi connectivity index (χ3n) is 3.98. The minimum absolute atomic E-state index is 0.218. The number of rotatable bonds is 6. The van der Waals surface area contributed by atoms with E-state index in [9.17, 15) is 4.39 Å². The summed E-state index contributed by atoms with van der Waals surface area (Å²) in [7, 11) is 1.83. The molecule has 0 aliphatic carbocycles. The van der Waals surface area contributed by atoms with E-state index in [1.54, 1.807) is 30.3 Å². The second kappa shape index (κ2) is 9.25. The van der Waals surface area contributed by atoms with Crippen LogP contribution in [0.1, 0.15) is 11.1 Å². The highest BCUT2D eigenvalue weighted by Crippen LogP contribution is 2.30. The lowest BCUT2D eigenvalue weighted by molar-refractivity contribution is 0.306. The molecule has 0 saturated heterocycles. The summed E-state index contributed by atoms with van der Waals surface area (Å²) in [6.07, 6.45) is 0. The Morgan fingerprint density at radius 2 is 2.00 bits per heavy atom. The van der Waals surface area contributed by atoms with Crippen LogP contribution in [-0.4, -0.2) is 12.9 Å². The molecule has 3 rings (SSSR count). The number of aliphatic imine (C=N–C) groups is 1. The van der Waals surface area contributed by atoms with Gasteiger partial charge in [-0.1, -0.05) is 23.7 Å². The van der Waals surface area contributed by atoms with Crippen LogP contribution in [0.25, 0.3) is 0 Å². The molecule has 0 aliphatic rings. The maximum Gasteiger partial charge on any atom is 0.138 e. The SMILES string of the molecule is CNc1ccc(I)cc1C(N)=Nc1ccc(OCc2cccc(F)c2)c(Cl)c1. The molecule has 0 unspecified atom stereocenters. The van der Waals surface area contributed by atoms with Gasteiger partial charge in [0.15, 0.2) is 0 Å². The minimum atomic E-state index is -0.302. The van der Waals surface area contributed by atoms with E-state index in [1.807, 2.05) is 25.2 Å². The van der Waals surface area contributed by atoms with Gasteiger partial charge in [0.1, 0.15) is 24.0 Å². The van der Waals surface area contributed by atoms with Crippen LogP contribution >= 0.6 is 34.2 Å². The number of ether oxygens (including phenoxy) is 1. The first-order valence-electron chi connectivity index (χ1n) is 8.45. The zero-order valence-corrected chi connectivity index (χ0v) is 18.0. The van der Waals surface area contributed by atoms with E-state index in [0.717, 1.165) is 20.4 Å².